The summed E-state index contributed by atoms with van der Waals surface area (Å²) in [6.45, 7) is 9.17. The normalized spacial score (nSPS) is 11.4. The minimum absolute atomic E-state index is 0.295. The largest absolute Gasteiger partial charge is 0.463 e. The molecule has 0 aliphatic rings. The van der Waals surface area contributed by atoms with Gasteiger partial charge in [-0.2, -0.15) is 0 Å². The summed E-state index contributed by atoms with van der Waals surface area (Å²) >= 11 is 0. The van der Waals surface area contributed by atoms with E-state index in [0.29, 0.717) is 18.0 Å². The van der Waals surface area contributed by atoms with Crippen molar-refractivity contribution in [2.24, 2.45) is 5.41 Å². The van der Waals surface area contributed by atoms with Gasteiger partial charge in [-0.15, -0.1) is 0 Å². The number of aromatic nitrogens is 2. The van der Waals surface area contributed by atoms with Gasteiger partial charge in [0, 0.05) is 11.9 Å². The molecule has 0 spiro atoms. The van der Waals surface area contributed by atoms with Gasteiger partial charge in [-0.25, -0.2) is 9.97 Å². The summed E-state index contributed by atoms with van der Waals surface area (Å²) in [6, 6.07) is 2.34. The Morgan fingerprint density at radius 1 is 1.36 bits per heavy atom. The molecule has 0 atom stereocenters. The smallest absolute Gasteiger partial charge is 0.316 e. The number of hydrogen-bond donors (Lipinski definition) is 0. The van der Waals surface area contributed by atoms with Crippen LogP contribution in [-0.4, -0.2) is 16.6 Å². The molecular formula is C11H18N2O. The third kappa shape index (κ3) is 4.21. The average Bonchev–Trinajstić information content (AvgIpc) is 2.01. The van der Waals surface area contributed by atoms with E-state index in [1.54, 1.807) is 6.20 Å². The highest BCUT2D eigenvalue weighted by atomic mass is 16.5. The van der Waals surface area contributed by atoms with Gasteiger partial charge in [0.05, 0.1) is 6.61 Å². The average molecular weight is 194 g/mol. The van der Waals surface area contributed by atoms with Crippen molar-refractivity contribution in [1.82, 2.24) is 9.97 Å². The first kappa shape index (κ1) is 11.0. The van der Waals surface area contributed by atoms with Gasteiger partial charge in [0.15, 0.2) is 0 Å². The second-order valence-electron chi connectivity index (χ2n) is 4.64. The predicted octanol–water partition coefficient (Wildman–Crippen LogP) is 2.60. The molecule has 1 aromatic rings. The lowest BCUT2D eigenvalue weighted by Crippen LogP contribution is -2.12. The minimum atomic E-state index is 0.295. The quantitative estimate of drug-likeness (QED) is 0.741. The Labute approximate surface area is 85.5 Å². The second-order valence-corrected chi connectivity index (χ2v) is 4.64. The van der Waals surface area contributed by atoms with Crippen molar-refractivity contribution in [3.63, 3.8) is 0 Å². The van der Waals surface area contributed by atoms with Gasteiger partial charge in [0.25, 0.3) is 0 Å². The molecule has 0 N–H and O–H groups in total. The van der Waals surface area contributed by atoms with Crippen LogP contribution in [0, 0.1) is 12.3 Å². The van der Waals surface area contributed by atoms with E-state index in [4.69, 9.17) is 4.74 Å². The Bertz CT molecular complexity index is 292. The van der Waals surface area contributed by atoms with Crippen LogP contribution in [0.3, 0.4) is 0 Å². The van der Waals surface area contributed by atoms with Crippen LogP contribution in [0.1, 0.15) is 32.9 Å². The molecule has 3 nitrogen and oxygen atoms in total. The molecule has 1 heterocycles. The lowest BCUT2D eigenvalue weighted by molar-refractivity contribution is 0.228. The molecule has 0 bridgehead atoms. The van der Waals surface area contributed by atoms with Crippen molar-refractivity contribution in [2.45, 2.75) is 34.1 Å². The van der Waals surface area contributed by atoms with Crippen molar-refractivity contribution < 1.29 is 4.74 Å². The molecular weight excluding hydrogens is 176 g/mol. The number of hydrogen-bond acceptors (Lipinski definition) is 3. The third-order valence-corrected chi connectivity index (χ3v) is 1.86. The molecule has 0 aliphatic heterocycles. The van der Waals surface area contributed by atoms with Gasteiger partial charge in [-0.05, 0) is 24.8 Å². The highest BCUT2D eigenvalue weighted by Crippen LogP contribution is 2.18. The summed E-state index contributed by atoms with van der Waals surface area (Å²) < 4.78 is 5.44. The van der Waals surface area contributed by atoms with Gasteiger partial charge in [-0.1, -0.05) is 20.8 Å². The van der Waals surface area contributed by atoms with Gasteiger partial charge in [-0.3, -0.25) is 0 Å². The standard InChI is InChI=1S/C11H18N2O/c1-9-5-7-12-10(13-9)14-8-6-11(2,3)4/h5,7H,6,8H2,1-4H3. The first-order chi connectivity index (χ1) is 6.47. The fourth-order valence-corrected chi connectivity index (χ4v) is 0.944. The summed E-state index contributed by atoms with van der Waals surface area (Å²) in [6.07, 6.45) is 2.72. The van der Waals surface area contributed by atoms with Crippen molar-refractivity contribution in [1.29, 1.82) is 0 Å². The van der Waals surface area contributed by atoms with E-state index in [0.717, 1.165) is 12.1 Å². The summed E-state index contributed by atoms with van der Waals surface area (Å²) in [5.74, 6) is 0. The van der Waals surface area contributed by atoms with E-state index in [1.807, 2.05) is 13.0 Å². The topological polar surface area (TPSA) is 35.0 Å². The zero-order valence-corrected chi connectivity index (χ0v) is 9.37. The zero-order valence-electron chi connectivity index (χ0n) is 9.37. The summed E-state index contributed by atoms with van der Waals surface area (Å²) in [7, 11) is 0. The van der Waals surface area contributed by atoms with Gasteiger partial charge in [0.1, 0.15) is 0 Å². The van der Waals surface area contributed by atoms with Gasteiger partial charge >= 0.3 is 6.01 Å². The Morgan fingerprint density at radius 2 is 2.07 bits per heavy atom. The van der Waals surface area contributed by atoms with Crippen LogP contribution >= 0.6 is 0 Å². The zero-order chi connectivity index (χ0) is 10.6. The Balaban J connectivity index is 2.39. The second kappa shape index (κ2) is 4.40. The van der Waals surface area contributed by atoms with Crippen LogP contribution in [-0.2, 0) is 0 Å². The molecule has 0 saturated carbocycles. The maximum atomic E-state index is 5.44. The molecule has 78 valence electrons. The fourth-order valence-electron chi connectivity index (χ4n) is 0.944. The van der Waals surface area contributed by atoms with E-state index in [9.17, 15) is 0 Å². The molecule has 0 fully saturated rings. The van der Waals surface area contributed by atoms with Crippen molar-refractivity contribution in [3.8, 4) is 6.01 Å². The van der Waals surface area contributed by atoms with Crippen LogP contribution < -0.4 is 4.74 Å². The third-order valence-electron chi connectivity index (χ3n) is 1.86. The molecule has 14 heavy (non-hydrogen) atoms. The SMILES string of the molecule is Cc1ccnc(OCCC(C)(C)C)n1. The summed E-state index contributed by atoms with van der Waals surface area (Å²) in [5, 5.41) is 0. The number of ether oxygens (including phenoxy) is 1. The van der Waals surface area contributed by atoms with E-state index in [-0.39, 0.29) is 0 Å². The van der Waals surface area contributed by atoms with Crippen LogP contribution in [0.25, 0.3) is 0 Å². The highest BCUT2D eigenvalue weighted by Gasteiger charge is 2.10. The maximum Gasteiger partial charge on any atom is 0.316 e. The molecule has 1 rings (SSSR count). The van der Waals surface area contributed by atoms with Crippen molar-refractivity contribution in [3.05, 3.63) is 18.0 Å². The van der Waals surface area contributed by atoms with Crippen LogP contribution in [0.4, 0.5) is 0 Å². The summed E-state index contributed by atoms with van der Waals surface area (Å²) in [5.41, 5.74) is 1.23. The van der Waals surface area contributed by atoms with E-state index < -0.39 is 0 Å². The van der Waals surface area contributed by atoms with Gasteiger partial charge < -0.3 is 4.74 Å². The lowest BCUT2D eigenvalue weighted by atomic mass is 9.93. The molecule has 0 aromatic carbocycles. The molecule has 0 saturated heterocycles. The van der Waals surface area contributed by atoms with Crippen LogP contribution in [0.5, 0.6) is 6.01 Å². The van der Waals surface area contributed by atoms with Crippen molar-refractivity contribution >= 4 is 0 Å². The number of rotatable bonds is 3. The van der Waals surface area contributed by atoms with Crippen LogP contribution in [0.15, 0.2) is 12.3 Å². The van der Waals surface area contributed by atoms with E-state index >= 15 is 0 Å². The van der Waals surface area contributed by atoms with Crippen LogP contribution in [0.2, 0.25) is 0 Å². The lowest BCUT2D eigenvalue weighted by Gasteiger charge is -2.17. The first-order valence-electron chi connectivity index (χ1n) is 4.90. The van der Waals surface area contributed by atoms with E-state index in [2.05, 4.69) is 30.7 Å². The monoisotopic (exact) mass is 194 g/mol. The highest BCUT2D eigenvalue weighted by molar-refractivity contribution is 5.02. The van der Waals surface area contributed by atoms with Gasteiger partial charge in [0.2, 0.25) is 0 Å². The maximum absolute atomic E-state index is 5.44. The predicted molar refractivity (Wildman–Crippen MR) is 56.3 cm³/mol. The number of nitrogens with zero attached hydrogens (tertiary/aromatic N) is 2. The Hall–Kier alpha value is -1.12. The fraction of sp³-hybridized carbons (Fsp3) is 0.636. The Kier molecular flexibility index (Phi) is 3.44. The summed E-state index contributed by atoms with van der Waals surface area (Å²) in [4.78, 5) is 8.19. The van der Waals surface area contributed by atoms with Crippen molar-refractivity contribution in [2.75, 3.05) is 6.61 Å². The molecule has 0 radical (unpaired) electrons. The minimum Gasteiger partial charge on any atom is -0.463 e. The number of aryl methyl sites for hydroxylation is 1. The molecule has 0 unspecified atom stereocenters. The Morgan fingerprint density at radius 3 is 2.64 bits per heavy atom. The molecule has 0 aliphatic carbocycles. The molecule has 1 aromatic heterocycles. The van der Waals surface area contributed by atoms with E-state index in [1.165, 1.54) is 0 Å². The molecule has 3 heteroatoms. The molecule has 0 amide bonds. The first-order valence-corrected chi connectivity index (χ1v) is 4.90.